The van der Waals surface area contributed by atoms with Gasteiger partial charge in [-0.2, -0.15) is 0 Å². The largest absolute Gasteiger partial charge is 0.324 e. The molecule has 3 aliphatic rings. The number of hydrogen-bond acceptors (Lipinski definition) is 6. The average Bonchev–Trinajstić information content (AvgIpc) is 2.97. The van der Waals surface area contributed by atoms with Crippen LogP contribution in [0.1, 0.15) is 28.8 Å². The minimum absolute atomic E-state index is 0.137. The molecule has 1 aliphatic carbocycles. The molecular formula is C26H23ClFN5O2. The van der Waals surface area contributed by atoms with Gasteiger partial charge in [0.2, 0.25) is 5.96 Å². The molecule has 1 amide bonds. The summed E-state index contributed by atoms with van der Waals surface area (Å²) in [6.45, 7) is 2.46. The van der Waals surface area contributed by atoms with E-state index in [4.69, 9.17) is 16.8 Å². The Balaban J connectivity index is 1.29. The molecule has 1 atom stereocenters. The maximum Gasteiger partial charge on any atom is 0.255 e. The van der Waals surface area contributed by atoms with Crippen molar-refractivity contribution in [2.75, 3.05) is 23.7 Å². The van der Waals surface area contributed by atoms with E-state index in [0.717, 1.165) is 11.4 Å². The summed E-state index contributed by atoms with van der Waals surface area (Å²) < 4.78 is 15.1. The zero-order valence-corrected chi connectivity index (χ0v) is 19.8. The number of nitrogens with zero attached hydrogens (tertiary/aromatic N) is 3. The number of hydrogen-bond donors (Lipinski definition) is 2. The normalized spacial score (nSPS) is 21.2. The number of carbonyl (C=O) groups is 2. The SMILES string of the molecule is Cc1cc(NC(=O)c2ccc(NC3=NCC45CC(=O)CCN(Cl)C4=CC=CC5=N3)cc2)ccc1F. The minimum Gasteiger partial charge on any atom is -0.324 e. The molecule has 1 unspecified atom stereocenters. The maximum absolute atomic E-state index is 13.5. The predicted octanol–water partition coefficient (Wildman–Crippen LogP) is 4.87. The van der Waals surface area contributed by atoms with Crippen LogP contribution in [-0.2, 0) is 4.79 Å². The van der Waals surface area contributed by atoms with Crippen LogP contribution in [0.2, 0.25) is 0 Å². The average molecular weight is 492 g/mol. The van der Waals surface area contributed by atoms with E-state index in [0.29, 0.717) is 54.4 Å². The predicted molar refractivity (Wildman–Crippen MR) is 135 cm³/mol. The third kappa shape index (κ3) is 4.49. The van der Waals surface area contributed by atoms with Gasteiger partial charge in [-0.25, -0.2) is 14.4 Å². The number of nitrogens with one attached hydrogen (secondary N) is 2. The number of rotatable bonds is 3. The lowest BCUT2D eigenvalue weighted by molar-refractivity contribution is -0.119. The Morgan fingerprint density at radius 2 is 1.94 bits per heavy atom. The monoisotopic (exact) mass is 491 g/mol. The molecule has 0 bridgehead atoms. The quantitative estimate of drug-likeness (QED) is 0.600. The fraction of sp³-hybridized carbons (Fsp3) is 0.231. The molecular weight excluding hydrogens is 469 g/mol. The molecule has 178 valence electrons. The zero-order chi connectivity index (χ0) is 24.6. The molecule has 0 radical (unpaired) electrons. The Hall–Kier alpha value is -3.78. The van der Waals surface area contributed by atoms with Gasteiger partial charge in [-0.3, -0.25) is 14.0 Å². The standard InChI is InChI=1S/C26H23ClFN5O2/c1-16-13-19(9-10-21(16)28)30-24(35)17-5-7-18(8-6-17)31-25-29-15-26-14-20(34)11-12-33(27)23(26)4-2-3-22(26)32-25/h2-10,13H,11-12,14-15H2,1H3,(H,29,31)(H,30,35). The van der Waals surface area contributed by atoms with Gasteiger partial charge in [0.05, 0.1) is 17.7 Å². The van der Waals surface area contributed by atoms with Crippen molar-refractivity contribution >= 4 is 46.5 Å². The van der Waals surface area contributed by atoms with Crippen LogP contribution in [0, 0.1) is 18.2 Å². The zero-order valence-electron chi connectivity index (χ0n) is 19.0. The van der Waals surface area contributed by atoms with Crippen LogP contribution in [0.5, 0.6) is 0 Å². The van der Waals surface area contributed by atoms with E-state index in [1.54, 1.807) is 41.7 Å². The highest BCUT2D eigenvalue weighted by molar-refractivity contribution is 6.18. The number of guanidine groups is 1. The summed E-state index contributed by atoms with van der Waals surface area (Å²) in [6.07, 6.45) is 6.42. The first kappa shape index (κ1) is 23.0. The van der Waals surface area contributed by atoms with Gasteiger partial charge in [-0.15, -0.1) is 0 Å². The molecule has 1 spiro atoms. The van der Waals surface area contributed by atoms with Crippen molar-refractivity contribution in [2.24, 2.45) is 15.4 Å². The van der Waals surface area contributed by atoms with E-state index in [9.17, 15) is 14.0 Å². The molecule has 5 rings (SSSR count). The van der Waals surface area contributed by atoms with Gasteiger partial charge in [0.1, 0.15) is 11.6 Å². The topological polar surface area (TPSA) is 86.2 Å². The fourth-order valence-electron chi connectivity index (χ4n) is 4.49. The first-order chi connectivity index (χ1) is 16.8. The van der Waals surface area contributed by atoms with Crippen molar-refractivity contribution in [3.8, 4) is 0 Å². The van der Waals surface area contributed by atoms with Gasteiger partial charge in [0.15, 0.2) is 0 Å². The molecule has 0 aromatic heterocycles. The highest BCUT2D eigenvalue weighted by atomic mass is 35.5. The summed E-state index contributed by atoms with van der Waals surface area (Å²) >= 11 is 6.46. The van der Waals surface area contributed by atoms with Crippen LogP contribution in [0.25, 0.3) is 0 Å². The summed E-state index contributed by atoms with van der Waals surface area (Å²) in [6, 6.07) is 11.3. The van der Waals surface area contributed by atoms with Gasteiger partial charge >= 0.3 is 0 Å². The van der Waals surface area contributed by atoms with E-state index in [2.05, 4.69) is 15.6 Å². The molecule has 0 saturated carbocycles. The number of aliphatic imine (C=N–C) groups is 2. The summed E-state index contributed by atoms with van der Waals surface area (Å²) in [5.41, 5.74) is 3.11. The third-order valence-corrected chi connectivity index (χ3v) is 6.73. The van der Waals surface area contributed by atoms with Crippen molar-refractivity contribution in [1.29, 1.82) is 0 Å². The van der Waals surface area contributed by atoms with E-state index < -0.39 is 5.41 Å². The van der Waals surface area contributed by atoms with Crippen LogP contribution in [0.4, 0.5) is 15.8 Å². The lowest BCUT2D eigenvalue weighted by Crippen LogP contribution is -2.44. The maximum atomic E-state index is 13.5. The summed E-state index contributed by atoms with van der Waals surface area (Å²) in [4.78, 5) is 34.3. The highest BCUT2D eigenvalue weighted by Gasteiger charge is 2.47. The van der Waals surface area contributed by atoms with Gasteiger partial charge in [0.25, 0.3) is 5.91 Å². The van der Waals surface area contributed by atoms with Crippen LogP contribution < -0.4 is 10.6 Å². The van der Waals surface area contributed by atoms with Crippen molar-refractivity contribution in [3.63, 3.8) is 0 Å². The van der Waals surface area contributed by atoms with Crippen LogP contribution in [0.15, 0.2) is 76.4 Å². The number of aryl methyl sites for hydroxylation is 1. The van der Waals surface area contributed by atoms with Crippen molar-refractivity contribution in [2.45, 2.75) is 19.8 Å². The number of allylic oxidation sites excluding steroid dienone is 3. The number of benzene rings is 2. The molecule has 7 nitrogen and oxygen atoms in total. The van der Waals surface area contributed by atoms with Crippen LogP contribution in [-0.4, -0.2) is 40.9 Å². The molecule has 1 fully saturated rings. The van der Waals surface area contributed by atoms with Crippen molar-refractivity contribution in [1.82, 2.24) is 4.42 Å². The second kappa shape index (κ2) is 9.11. The number of Topliss-reactive ketones (excluding diaryl/α,β-unsaturated/α-hetero) is 1. The number of ketones is 1. The Morgan fingerprint density at radius 1 is 1.17 bits per heavy atom. The fourth-order valence-corrected chi connectivity index (χ4v) is 4.79. The second-order valence-electron chi connectivity index (χ2n) is 8.80. The third-order valence-electron chi connectivity index (χ3n) is 6.38. The highest BCUT2D eigenvalue weighted by Crippen LogP contribution is 2.43. The number of halogens is 2. The minimum atomic E-state index is -0.643. The van der Waals surface area contributed by atoms with Crippen LogP contribution >= 0.6 is 11.8 Å². The van der Waals surface area contributed by atoms with Crippen LogP contribution in [0.3, 0.4) is 0 Å². The van der Waals surface area contributed by atoms with Crippen molar-refractivity contribution in [3.05, 3.63) is 83.3 Å². The summed E-state index contributed by atoms with van der Waals surface area (Å²) in [7, 11) is 0. The number of amides is 1. The second-order valence-corrected chi connectivity index (χ2v) is 9.21. The first-order valence-electron chi connectivity index (χ1n) is 11.3. The summed E-state index contributed by atoms with van der Waals surface area (Å²) in [5, 5.41) is 5.95. The number of anilines is 2. The Morgan fingerprint density at radius 3 is 2.71 bits per heavy atom. The first-order valence-corrected chi connectivity index (χ1v) is 11.6. The molecule has 1 saturated heterocycles. The van der Waals surface area contributed by atoms with E-state index in [1.807, 2.05) is 18.2 Å². The van der Waals surface area contributed by atoms with E-state index >= 15 is 0 Å². The lowest BCUT2D eigenvalue weighted by Gasteiger charge is -2.39. The number of carbonyl (C=O) groups excluding carboxylic acids is 2. The smallest absolute Gasteiger partial charge is 0.255 e. The van der Waals surface area contributed by atoms with E-state index in [1.165, 1.54) is 12.1 Å². The van der Waals surface area contributed by atoms with E-state index in [-0.39, 0.29) is 17.5 Å². The Kier molecular flexibility index (Phi) is 5.98. The Bertz CT molecular complexity index is 1330. The molecule has 2 aliphatic heterocycles. The van der Waals surface area contributed by atoms with Gasteiger partial charge < -0.3 is 10.6 Å². The van der Waals surface area contributed by atoms with Crippen molar-refractivity contribution < 1.29 is 14.0 Å². The molecule has 2 N–H and O–H groups in total. The molecule has 2 heterocycles. The van der Waals surface area contributed by atoms with Gasteiger partial charge in [-0.1, -0.05) is 6.08 Å². The lowest BCUT2D eigenvalue weighted by atomic mass is 9.72. The van der Waals surface area contributed by atoms with Gasteiger partial charge in [-0.05, 0) is 67.1 Å². The Labute approximate surface area is 207 Å². The summed E-state index contributed by atoms with van der Waals surface area (Å²) in [5.74, 6) is -0.0538. The molecule has 9 heteroatoms. The molecule has 2 aromatic rings. The van der Waals surface area contributed by atoms with Gasteiger partial charge in [0, 0.05) is 53.8 Å². The molecule has 35 heavy (non-hydrogen) atoms. The molecule has 2 aromatic carbocycles.